The van der Waals surface area contributed by atoms with E-state index in [-0.39, 0.29) is 12.1 Å². The van der Waals surface area contributed by atoms with Gasteiger partial charge in [0, 0.05) is 12.3 Å². The van der Waals surface area contributed by atoms with Gasteiger partial charge < -0.3 is 10.4 Å². The molecule has 2 nitrogen and oxygen atoms in total. The van der Waals surface area contributed by atoms with Crippen molar-refractivity contribution in [3.05, 3.63) is 35.9 Å². The summed E-state index contributed by atoms with van der Waals surface area (Å²) < 4.78 is 0. The van der Waals surface area contributed by atoms with Gasteiger partial charge in [-0.3, -0.25) is 0 Å². The van der Waals surface area contributed by atoms with E-state index in [1.165, 1.54) is 5.56 Å². The lowest BCUT2D eigenvalue weighted by molar-refractivity contribution is 0.178. The van der Waals surface area contributed by atoms with Gasteiger partial charge in [-0.1, -0.05) is 30.3 Å². The van der Waals surface area contributed by atoms with Gasteiger partial charge in [-0.2, -0.15) is 11.8 Å². The number of rotatable bonds is 4. The second-order valence-corrected chi connectivity index (χ2v) is 5.19. The molecule has 1 fully saturated rings. The minimum atomic E-state index is -0.0412. The van der Waals surface area contributed by atoms with E-state index in [9.17, 15) is 5.11 Å². The molecule has 3 heteroatoms. The Balaban J connectivity index is 1.92. The maximum atomic E-state index is 9.42. The zero-order valence-corrected chi connectivity index (χ0v) is 9.59. The average Bonchev–Trinajstić information content (AvgIpc) is 2.77. The topological polar surface area (TPSA) is 32.3 Å². The van der Waals surface area contributed by atoms with Gasteiger partial charge in [0.1, 0.15) is 0 Å². The molecule has 1 aliphatic heterocycles. The van der Waals surface area contributed by atoms with E-state index in [0.29, 0.717) is 0 Å². The molecule has 1 heterocycles. The molecule has 0 amide bonds. The maximum absolute atomic E-state index is 9.42. The van der Waals surface area contributed by atoms with E-state index in [0.717, 1.165) is 24.5 Å². The molecule has 0 aromatic heterocycles. The first kappa shape index (κ1) is 11.0. The zero-order valence-electron chi connectivity index (χ0n) is 8.78. The molecule has 1 atom stereocenters. The second kappa shape index (κ2) is 5.01. The Hall–Kier alpha value is -0.510. The molecule has 82 valence electrons. The summed E-state index contributed by atoms with van der Waals surface area (Å²) in [6.45, 7) is 1.09. The molecule has 0 saturated carbocycles. The third kappa shape index (κ3) is 2.74. The van der Waals surface area contributed by atoms with E-state index in [1.54, 1.807) is 0 Å². The van der Waals surface area contributed by atoms with E-state index in [1.807, 2.05) is 30.0 Å². The number of benzene rings is 1. The molecular formula is C12H17NOS. The van der Waals surface area contributed by atoms with Gasteiger partial charge in [0.2, 0.25) is 0 Å². The van der Waals surface area contributed by atoms with Crippen LogP contribution in [-0.2, 0) is 6.54 Å². The average molecular weight is 223 g/mol. The van der Waals surface area contributed by atoms with Crippen LogP contribution in [0.4, 0.5) is 0 Å². The Morgan fingerprint density at radius 2 is 2.13 bits per heavy atom. The number of hydrogen-bond donors (Lipinski definition) is 2. The van der Waals surface area contributed by atoms with Crippen LogP contribution < -0.4 is 5.32 Å². The van der Waals surface area contributed by atoms with Crippen molar-refractivity contribution in [3.8, 4) is 0 Å². The lowest BCUT2D eigenvalue weighted by Crippen LogP contribution is -2.48. The summed E-state index contributed by atoms with van der Waals surface area (Å²) in [4.78, 5) is 0. The highest BCUT2D eigenvalue weighted by molar-refractivity contribution is 7.99. The fourth-order valence-corrected chi connectivity index (χ4v) is 3.22. The molecule has 0 aliphatic carbocycles. The smallest absolute Gasteiger partial charge is 0.0621 e. The van der Waals surface area contributed by atoms with Crippen LogP contribution in [-0.4, -0.2) is 28.8 Å². The van der Waals surface area contributed by atoms with Crippen molar-refractivity contribution >= 4 is 11.8 Å². The predicted molar refractivity (Wildman–Crippen MR) is 65.0 cm³/mol. The number of aliphatic hydroxyl groups is 1. The van der Waals surface area contributed by atoms with Crippen molar-refractivity contribution in [2.24, 2.45) is 0 Å². The van der Waals surface area contributed by atoms with Crippen molar-refractivity contribution in [3.63, 3.8) is 0 Å². The normalized spacial score (nSPS) is 25.7. The molecule has 2 N–H and O–H groups in total. The second-order valence-electron chi connectivity index (χ2n) is 4.08. The number of thioether (sulfide) groups is 1. The van der Waals surface area contributed by atoms with Crippen LogP contribution in [0.2, 0.25) is 0 Å². The summed E-state index contributed by atoms with van der Waals surface area (Å²) in [6.07, 6.45) is 1.07. The van der Waals surface area contributed by atoms with Gasteiger partial charge in [-0.05, 0) is 17.7 Å². The van der Waals surface area contributed by atoms with Gasteiger partial charge in [-0.25, -0.2) is 0 Å². The third-order valence-corrected chi connectivity index (χ3v) is 4.17. The predicted octanol–water partition coefficient (Wildman–Crippen LogP) is 1.64. The molecular weight excluding hydrogens is 206 g/mol. The van der Waals surface area contributed by atoms with E-state index < -0.39 is 0 Å². The Labute approximate surface area is 95.1 Å². The summed E-state index contributed by atoms with van der Waals surface area (Å²) in [5, 5.41) is 12.9. The monoisotopic (exact) mass is 223 g/mol. The first-order chi connectivity index (χ1) is 7.35. The highest BCUT2D eigenvalue weighted by Crippen LogP contribution is 2.27. The Morgan fingerprint density at radius 3 is 2.73 bits per heavy atom. The fourth-order valence-electron chi connectivity index (χ4n) is 1.81. The first-order valence-electron chi connectivity index (χ1n) is 5.32. The van der Waals surface area contributed by atoms with Crippen molar-refractivity contribution in [1.82, 2.24) is 5.32 Å². The van der Waals surface area contributed by atoms with Gasteiger partial charge in [-0.15, -0.1) is 0 Å². The van der Waals surface area contributed by atoms with Gasteiger partial charge in [0.25, 0.3) is 0 Å². The molecule has 1 unspecified atom stereocenters. The van der Waals surface area contributed by atoms with Gasteiger partial charge >= 0.3 is 0 Å². The summed E-state index contributed by atoms with van der Waals surface area (Å²) in [5.41, 5.74) is 1.24. The lowest BCUT2D eigenvalue weighted by atomic mass is 10.00. The van der Waals surface area contributed by atoms with Crippen LogP contribution in [0.15, 0.2) is 30.3 Å². The molecule has 0 radical (unpaired) electrons. The molecule has 15 heavy (non-hydrogen) atoms. The summed E-state index contributed by atoms with van der Waals surface area (Å²) in [7, 11) is 0. The summed E-state index contributed by atoms with van der Waals surface area (Å²) in [5.74, 6) is 2.18. The van der Waals surface area contributed by atoms with Gasteiger partial charge in [0.15, 0.2) is 0 Å². The van der Waals surface area contributed by atoms with Crippen molar-refractivity contribution in [2.45, 2.75) is 18.5 Å². The van der Waals surface area contributed by atoms with Crippen LogP contribution in [0.3, 0.4) is 0 Å². The minimum absolute atomic E-state index is 0.0412. The van der Waals surface area contributed by atoms with Crippen molar-refractivity contribution in [2.75, 3.05) is 18.1 Å². The largest absolute Gasteiger partial charge is 0.394 e. The highest BCUT2D eigenvalue weighted by atomic mass is 32.2. The summed E-state index contributed by atoms with van der Waals surface area (Å²) >= 11 is 1.92. The Bertz CT molecular complexity index is 296. The van der Waals surface area contributed by atoms with Crippen LogP contribution in [0.5, 0.6) is 0 Å². The van der Waals surface area contributed by atoms with Crippen LogP contribution in [0, 0.1) is 0 Å². The van der Waals surface area contributed by atoms with Crippen molar-refractivity contribution in [1.29, 1.82) is 0 Å². The lowest BCUT2D eigenvalue weighted by Gasteiger charge is -2.27. The maximum Gasteiger partial charge on any atom is 0.0621 e. The molecule has 0 spiro atoms. The molecule has 2 rings (SSSR count). The molecule has 1 aliphatic rings. The standard InChI is InChI=1S/C12H17NOS/c14-9-12(6-7-15-10-12)13-8-11-4-2-1-3-5-11/h1-5,13-14H,6-10H2. The van der Waals surface area contributed by atoms with Crippen LogP contribution >= 0.6 is 11.8 Å². The van der Waals surface area contributed by atoms with E-state index in [2.05, 4.69) is 17.4 Å². The summed E-state index contributed by atoms with van der Waals surface area (Å²) in [6, 6.07) is 10.3. The van der Waals surface area contributed by atoms with E-state index in [4.69, 9.17) is 0 Å². The van der Waals surface area contributed by atoms with Crippen LogP contribution in [0.25, 0.3) is 0 Å². The molecule has 1 saturated heterocycles. The molecule has 0 bridgehead atoms. The van der Waals surface area contributed by atoms with Crippen molar-refractivity contribution < 1.29 is 5.11 Å². The third-order valence-electron chi connectivity index (χ3n) is 2.92. The first-order valence-corrected chi connectivity index (χ1v) is 6.48. The SMILES string of the molecule is OCC1(NCc2ccccc2)CCSC1. The Kier molecular flexibility index (Phi) is 3.67. The Morgan fingerprint density at radius 1 is 1.33 bits per heavy atom. The molecule has 1 aromatic carbocycles. The minimum Gasteiger partial charge on any atom is -0.394 e. The number of aliphatic hydroxyl groups excluding tert-OH is 1. The van der Waals surface area contributed by atoms with Gasteiger partial charge in [0.05, 0.1) is 12.1 Å². The fraction of sp³-hybridized carbons (Fsp3) is 0.500. The number of hydrogen-bond acceptors (Lipinski definition) is 3. The quantitative estimate of drug-likeness (QED) is 0.814. The molecule has 1 aromatic rings. The zero-order chi connectivity index (χ0) is 10.6. The number of nitrogens with one attached hydrogen (secondary N) is 1. The highest BCUT2D eigenvalue weighted by Gasteiger charge is 2.32. The van der Waals surface area contributed by atoms with E-state index >= 15 is 0 Å². The van der Waals surface area contributed by atoms with Crippen LogP contribution in [0.1, 0.15) is 12.0 Å².